The molecule has 1 heterocycles. The number of para-hydroxylation sites is 1. The molecule has 0 atom stereocenters. The molecule has 8 aromatic carbocycles. The zero-order valence-electron chi connectivity index (χ0n) is 35.4. The van der Waals surface area contributed by atoms with E-state index in [1.807, 2.05) is 18.2 Å². The zero-order chi connectivity index (χ0) is 39.6. The van der Waals surface area contributed by atoms with Crippen molar-refractivity contribution in [3.8, 4) is 33.4 Å². The van der Waals surface area contributed by atoms with Gasteiger partial charge in [0, 0.05) is 10.8 Å². The molecule has 0 amide bonds. The van der Waals surface area contributed by atoms with Crippen molar-refractivity contribution in [2.24, 2.45) is 0 Å². The number of hydrogen-bond acceptors (Lipinski definition) is 1. The van der Waals surface area contributed by atoms with Crippen LogP contribution in [0.4, 0.5) is 0 Å². The lowest BCUT2D eigenvalue weighted by Gasteiger charge is -2.18. The number of rotatable bonds is 3. The third-order valence-corrected chi connectivity index (χ3v) is 7.96. The average Bonchev–Trinajstić information content (AvgIpc) is 3.60. The molecule has 0 spiro atoms. The predicted molar refractivity (Wildman–Crippen MR) is 183 cm³/mol. The SMILES string of the molecule is [2H]c1c([2H])c([2H])c(-c2ccc3ccc(-c4c5c([2H])c([2H])c([2H])c([2H])c5c(-c5cccc6oc7ccccc7c56)c5c([2H])c([2H])c([2H])c([2H])c45)cc3c2)c([2H])c1[2H]. The quantitative estimate of drug-likeness (QED) is 0.196. The van der Waals surface area contributed by atoms with Gasteiger partial charge in [-0.3, -0.25) is 0 Å². The lowest BCUT2D eigenvalue weighted by atomic mass is 9.84. The van der Waals surface area contributed by atoms with Crippen molar-refractivity contribution in [2.75, 3.05) is 0 Å². The van der Waals surface area contributed by atoms with Crippen LogP contribution in [0.5, 0.6) is 0 Å². The molecule has 200 valence electrons. The van der Waals surface area contributed by atoms with E-state index in [2.05, 4.69) is 0 Å². The molecule has 0 N–H and O–H groups in total. The molecule has 0 saturated heterocycles. The molecule has 1 nitrogen and oxygen atoms in total. The largest absolute Gasteiger partial charge is 0.456 e. The maximum Gasteiger partial charge on any atom is 0.136 e. The van der Waals surface area contributed by atoms with E-state index in [4.69, 9.17) is 16.8 Å². The van der Waals surface area contributed by atoms with E-state index in [0.29, 0.717) is 44.0 Å². The van der Waals surface area contributed by atoms with Gasteiger partial charge < -0.3 is 4.42 Å². The third kappa shape index (κ3) is 3.72. The molecule has 0 aliphatic rings. The molecular weight excluding hydrogens is 520 g/mol. The highest BCUT2D eigenvalue weighted by Gasteiger charge is 2.20. The van der Waals surface area contributed by atoms with Gasteiger partial charge in [-0.05, 0) is 90.0 Å². The van der Waals surface area contributed by atoms with E-state index >= 15 is 0 Å². The van der Waals surface area contributed by atoms with Gasteiger partial charge in [-0.1, -0.05) is 133 Å². The van der Waals surface area contributed by atoms with Crippen molar-refractivity contribution in [3.63, 3.8) is 0 Å². The normalized spacial score (nSPS) is 16.0. The van der Waals surface area contributed by atoms with Crippen molar-refractivity contribution < 1.29 is 22.2 Å². The fourth-order valence-electron chi connectivity index (χ4n) is 6.12. The number of hydrogen-bond donors (Lipinski definition) is 0. The van der Waals surface area contributed by atoms with Crippen molar-refractivity contribution in [1.82, 2.24) is 0 Å². The molecule has 0 radical (unpaired) electrons. The first-order valence-corrected chi connectivity index (χ1v) is 13.7. The summed E-state index contributed by atoms with van der Waals surface area (Å²) in [4.78, 5) is 0. The maximum atomic E-state index is 9.36. The first kappa shape index (κ1) is 14.5. The lowest BCUT2D eigenvalue weighted by molar-refractivity contribution is 0.669. The van der Waals surface area contributed by atoms with Crippen LogP contribution >= 0.6 is 0 Å². The molecule has 0 aliphatic heterocycles. The maximum absolute atomic E-state index is 9.36. The van der Waals surface area contributed by atoms with Crippen LogP contribution in [0.1, 0.15) is 17.8 Å². The van der Waals surface area contributed by atoms with Gasteiger partial charge in [0.15, 0.2) is 0 Å². The molecule has 9 rings (SSSR count). The summed E-state index contributed by atoms with van der Waals surface area (Å²) in [5.74, 6) is 0. The van der Waals surface area contributed by atoms with E-state index in [0.717, 1.165) is 5.39 Å². The van der Waals surface area contributed by atoms with Crippen molar-refractivity contribution in [3.05, 3.63) is 157 Å². The molecule has 0 fully saturated rings. The first-order valence-electron chi connectivity index (χ1n) is 20.2. The Hall–Kier alpha value is -5.66. The Balaban J connectivity index is 1.48. The Bertz CT molecular complexity index is 3130. The second-order valence-electron chi connectivity index (χ2n) is 10.3. The Kier molecular flexibility index (Phi) is 3.18. The molecule has 9 aromatic rings. The Labute approximate surface area is 267 Å². The summed E-state index contributed by atoms with van der Waals surface area (Å²) in [7, 11) is 0. The van der Waals surface area contributed by atoms with Gasteiger partial charge in [-0.15, -0.1) is 0 Å². The van der Waals surface area contributed by atoms with E-state index in [1.165, 1.54) is 0 Å². The minimum Gasteiger partial charge on any atom is -0.456 e. The smallest absolute Gasteiger partial charge is 0.136 e. The molecule has 0 unspecified atom stereocenters. The topological polar surface area (TPSA) is 13.1 Å². The molecule has 1 aromatic heterocycles. The molecular formula is C42H26O. The second kappa shape index (κ2) is 9.44. The van der Waals surface area contributed by atoms with Crippen LogP contribution < -0.4 is 0 Å². The summed E-state index contributed by atoms with van der Waals surface area (Å²) in [5.41, 5.74) is 2.62. The van der Waals surface area contributed by atoms with Crippen molar-refractivity contribution in [1.29, 1.82) is 0 Å². The summed E-state index contributed by atoms with van der Waals surface area (Å²) in [6.45, 7) is 0. The van der Waals surface area contributed by atoms with Crippen LogP contribution in [0.15, 0.2) is 162 Å². The molecule has 43 heavy (non-hydrogen) atoms. The monoisotopic (exact) mass is 559 g/mol. The number of fused-ring (bicyclic) bond motifs is 6. The second-order valence-corrected chi connectivity index (χ2v) is 10.3. The Morgan fingerprint density at radius 2 is 1.02 bits per heavy atom. The third-order valence-electron chi connectivity index (χ3n) is 7.96. The van der Waals surface area contributed by atoms with Crippen LogP contribution in [0.25, 0.3) is 87.6 Å². The lowest BCUT2D eigenvalue weighted by Crippen LogP contribution is -1.91. The van der Waals surface area contributed by atoms with E-state index in [9.17, 15) is 5.48 Å². The number of furan rings is 1. The first-order chi connectivity index (χ1) is 26.7. The molecule has 0 saturated carbocycles. The summed E-state index contributed by atoms with van der Waals surface area (Å²) < 4.78 is 120. The molecule has 0 bridgehead atoms. The average molecular weight is 560 g/mol. The highest BCUT2D eigenvalue weighted by molar-refractivity contribution is 6.25. The Morgan fingerprint density at radius 1 is 0.419 bits per heavy atom. The Morgan fingerprint density at radius 3 is 1.77 bits per heavy atom. The van der Waals surface area contributed by atoms with Crippen LogP contribution in [-0.4, -0.2) is 0 Å². The fourth-order valence-corrected chi connectivity index (χ4v) is 6.12. The summed E-state index contributed by atoms with van der Waals surface area (Å²) in [5, 5.41) is 2.82. The fraction of sp³-hybridized carbons (Fsp3) is 0. The van der Waals surface area contributed by atoms with Crippen molar-refractivity contribution in [2.45, 2.75) is 0 Å². The van der Waals surface area contributed by atoms with Gasteiger partial charge in [-0.2, -0.15) is 0 Å². The predicted octanol–water partition coefficient (Wildman–Crippen LogP) is 12.0. The summed E-state index contributed by atoms with van der Waals surface area (Å²) in [6, 6.07) is 17.0. The van der Waals surface area contributed by atoms with Crippen LogP contribution in [0, 0.1) is 0 Å². The zero-order valence-corrected chi connectivity index (χ0v) is 22.4. The van der Waals surface area contributed by atoms with Gasteiger partial charge >= 0.3 is 0 Å². The van der Waals surface area contributed by atoms with Crippen LogP contribution in [0.2, 0.25) is 0 Å². The summed E-state index contributed by atoms with van der Waals surface area (Å²) >= 11 is 0. The van der Waals surface area contributed by atoms with Gasteiger partial charge in [-0.25, -0.2) is 0 Å². The van der Waals surface area contributed by atoms with E-state index in [-0.39, 0.29) is 62.4 Å². The van der Waals surface area contributed by atoms with E-state index < -0.39 is 54.4 Å². The highest BCUT2D eigenvalue weighted by Crippen LogP contribution is 2.47. The van der Waals surface area contributed by atoms with Gasteiger partial charge in [0.05, 0.1) is 17.8 Å². The van der Waals surface area contributed by atoms with Gasteiger partial charge in [0.1, 0.15) is 11.2 Å². The molecule has 1 heteroatoms. The highest BCUT2D eigenvalue weighted by atomic mass is 16.3. The minimum absolute atomic E-state index is 0.00716. The molecule has 0 aliphatic carbocycles. The minimum atomic E-state index is -0.522. The summed E-state index contributed by atoms with van der Waals surface area (Å²) in [6.07, 6.45) is 0. The van der Waals surface area contributed by atoms with E-state index in [1.54, 1.807) is 60.7 Å². The number of benzene rings is 8. The van der Waals surface area contributed by atoms with Crippen LogP contribution in [-0.2, 0) is 0 Å². The van der Waals surface area contributed by atoms with Gasteiger partial charge in [0.2, 0.25) is 0 Å². The van der Waals surface area contributed by atoms with Gasteiger partial charge in [0.25, 0.3) is 0 Å². The van der Waals surface area contributed by atoms with Crippen LogP contribution in [0.3, 0.4) is 0 Å². The standard InChI is InChI=1S/C42H26O/c1-2-11-27(12-3-1)29-23-21-28-22-24-30(26-31(28)25-29)40-32-13-4-6-15-34(32)41(35-16-7-5-14-33(35)40)37-18-10-20-39-42(37)36-17-8-9-19-38(36)43-39/h1-26H/i1D,2D,3D,4D,5D,6D,7D,11D,12D,13D,14D,15D,16D. The van der Waals surface area contributed by atoms with Crippen molar-refractivity contribution >= 4 is 54.3 Å².